The minimum atomic E-state index is -0.0903. The van der Waals surface area contributed by atoms with E-state index in [0.29, 0.717) is 12.5 Å². The lowest BCUT2D eigenvalue weighted by Gasteiger charge is -2.39. The molecule has 2 heterocycles. The minimum absolute atomic E-state index is 0.0232. The zero-order valence-electron chi connectivity index (χ0n) is 11.9. The fraction of sp³-hybridized carbons (Fsp3) is 0.625. The highest BCUT2D eigenvalue weighted by atomic mass is 35.5. The highest BCUT2D eigenvalue weighted by Crippen LogP contribution is 2.41. The molecule has 2 fully saturated rings. The molecule has 3 unspecified atom stereocenters. The zero-order valence-corrected chi connectivity index (χ0v) is 12.7. The molecule has 1 aromatic carbocycles. The van der Waals surface area contributed by atoms with Crippen LogP contribution in [0.25, 0.3) is 0 Å². The van der Waals surface area contributed by atoms with Crippen LogP contribution >= 0.6 is 11.6 Å². The summed E-state index contributed by atoms with van der Waals surface area (Å²) in [7, 11) is 0. The lowest BCUT2D eigenvalue weighted by Crippen LogP contribution is -2.43. The van der Waals surface area contributed by atoms with Gasteiger partial charge in [-0.3, -0.25) is 0 Å². The predicted octanol–water partition coefficient (Wildman–Crippen LogP) is 3.23. The second kappa shape index (κ2) is 5.64. The number of hydrogen-bond donors (Lipinski definition) is 1. The molecule has 0 saturated carbocycles. The van der Waals surface area contributed by atoms with Crippen molar-refractivity contribution < 1.29 is 9.47 Å². The van der Waals surface area contributed by atoms with E-state index in [9.17, 15) is 0 Å². The average molecular weight is 296 g/mol. The molecular formula is C16H22ClNO2. The van der Waals surface area contributed by atoms with Crippen molar-refractivity contribution in [3.05, 3.63) is 34.3 Å². The Morgan fingerprint density at radius 2 is 2.25 bits per heavy atom. The maximum absolute atomic E-state index is 6.54. The van der Waals surface area contributed by atoms with Crippen molar-refractivity contribution in [1.82, 2.24) is 0 Å². The molecule has 3 nitrogen and oxygen atoms in total. The van der Waals surface area contributed by atoms with E-state index in [1.165, 1.54) is 5.56 Å². The Kier molecular flexibility index (Phi) is 4.04. The van der Waals surface area contributed by atoms with Crippen LogP contribution in [-0.2, 0) is 9.47 Å². The zero-order chi connectivity index (χ0) is 14.2. The van der Waals surface area contributed by atoms with E-state index in [-0.39, 0.29) is 11.6 Å². The van der Waals surface area contributed by atoms with Crippen molar-refractivity contribution in [2.45, 2.75) is 37.8 Å². The maximum Gasteiger partial charge on any atom is 0.0940 e. The third-order valence-corrected chi connectivity index (χ3v) is 5.18. The van der Waals surface area contributed by atoms with Gasteiger partial charge in [0.1, 0.15) is 0 Å². The van der Waals surface area contributed by atoms with Gasteiger partial charge < -0.3 is 15.2 Å². The highest BCUT2D eigenvalue weighted by molar-refractivity contribution is 6.31. The van der Waals surface area contributed by atoms with Gasteiger partial charge in [0.05, 0.1) is 12.2 Å². The summed E-state index contributed by atoms with van der Waals surface area (Å²) in [6.45, 7) is 4.34. The van der Waals surface area contributed by atoms with Crippen molar-refractivity contribution >= 4 is 11.6 Å². The number of benzene rings is 1. The van der Waals surface area contributed by atoms with Crippen LogP contribution in [0.1, 0.15) is 36.4 Å². The quantitative estimate of drug-likeness (QED) is 0.911. The molecule has 2 N–H and O–H groups in total. The van der Waals surface area contributed by atoms with E-state index in [2.05, 4.69) is 6.07 Å². The summed E-state index contributed by atoms with van der Waals surface area (Å²) in [5.74, 6) is 0.433. The molecule has 3 atom stereocenters. The van der Waals surface area contributed by atoms with Crippen LogP contribution in [0.4, 0.5) is 0 Å². The van der Waals surface area contributed by atoms with Gasteiger partial charge in [-0.2, -0.15) is 0 Å². The molecule has 0 amide bonds. The first kappa shape index (κ1) is 14.3. The molecule has 1 spiro atoms. The third kappa shape index (κ3) is 2.60. The van der Waals surface area contributed by atoms with E-state index >= 15 is 0 Å². The molecule has 0 aromatic heterocycles. The second-order valence-corrected chi connectivity index (χ2v) is 6.47. The van der Waals surface area contributed by atoms with Crippen molar-refractivity contribution in [2.24, 2.45) is 11.7 Å². The first-order valence-corrected chi connectivity index (χ1v) is 7.71. The SMILES string of the molecule is Cc1c(Cl)cccc1C(N)C1CCOC2(CCOC2)C1. The van der Waals surface area contributed by atoms with E-state index in [1.807, 2.05) is 19.1 Å². The largest absolute Gasteiger partial charge is 0.378 e. The number of halogens is 1. The Morgan fingerprint density at radius 3 is 3.00 bits per heavy atom. The highest BCUT2D eigenvalue weighted by Gasteiger charge is 2.42. The first-order valence-electron chi connectivity index (χ1n) is 7.34. The van der Waals surface area contributed by atoms with Gasteiger partial charge >= 0.3 is 0 Å². The molecule has 2 aliphatic heterocycles. The normalized spacial score (nSPS) is 31.6. The summed E-state index contributed by atoms with van der Waals surface area (Å²) < 4.78 is 11.5. The van der Waals surface area contributed by atoms with Crippen molar-refractivity contribution in [3.8, 4) is 0 Å². The molecule has 110 valence electrons. The molecule has 2 aliphatic rings. The standard InChI is InChI=1S/C16H22ClNO2/c1-11-13(3-2-4-14(11)17)15(18)12-5-7-20-16(9-12)6-8-19-10-16/h2-4,12,15H,5-10,18H2,1H3. The summed E-state index contributed by atoms with van der Waals surface area (Å²) in [6.07, 6.45) is 2.99. The lowest BCUT2D eigenvalue weighted by molar-refractivity contribution is -0.101. The molecule has 20 heavy (non-hydrogen) atoms. The summed E-state index contributed by atoms with van der Waals surface area (Å²) >= 11 is 6.22. The van der Waals surface area contributed by atoms with E-state index < -0.39 is 0 Å². The summed E-state index contributed by atoms with van der Waals surface area (Å²) in [4.78, 5) is 0. The van der Waals surface area contributed by atoms with Gasteiger partial charge in [-0.1, -0.05) is 23.7 Å². The average Bonchev–Trinajstić information content (AvgIpc) is 2.89. The monoisotopic (exact) mass is 295 g/mol. The molecule has 4 heteroatoms. The van der Waals surface area contributed by atoms with Gasteiger partial charge in [-0.25, -0.2) is 0 Å². The number of rotatable bonds is 2. The van der Waals surface area contributed by atoms with E-state index in [1.54, 1.807) is 0 Å². The summed E-state index contributed by atoms with van der Waals surface area (Å²) in [5.41, 5.74) is 8.71. The molecule has 3 rings (SSSR count). The molecule has 0 bridgehead atoms. The van der Waals surface area contributed by atoms with Crippen molar-refractivity contribution in [1.29, 1.82) is 0 Å². The van der Waals surface area contributed by atoms with E-state index in [4.69, 9.17) is 26.8 Å². The van der Waals surface area contributed by atoms with Crippen LogP contribution in [0.15, 0.2) is 18.2 Å². The number of ether oxygens (including phenoxy) is 2. The van der Waals surface area contributed by atoms with Crippen molar-refractivity contribution in [2.75, 3.05) is 19.8 Å². The van der Waals surface area contributed by atoms with Gasteiger partial charge in [0.2, 0.25) is 0 Å². The fourth-order valence-corrected chi connectivity index (χ4v) is 3.66. The van der Waals surface area contributed by atoms with Gasteiger partial charge in [0.15, 0.2) is 0 Å². The van der Waals surface area contributed by atoms with Crippen LogP contribution in [0.3, 0.4) is 0 Å². The number of nitrogens with two attached hydrogens (primary N) is 1. The van der Waals surface area contributed by atoms with Gasteiger partial charge in [0, 0.05) is 30.7 Å². The predicted molar refractivity (Wildman–Crippen MR) is 80.0 cm³/mol. The molecule has 0 aliphatic carbocycles. The molecule has 0 radical (unpaired) electrons. The molecule has 2 saturated heterocycles. The summed E-state index contributed by atoms with van der Waals surface area (Å²) in [5, 5.41) is 0.795. The van der Waals surface area contributed by atoms with Crippen LogP contribution in [0.2, 0.25) is 5.02 Å². The fourth-order valence-electron chi connectivity index (χ4n) is 3.47. The van der Waals surface area contributed by atoms with Crippen LogP contribution in [0.5, 0.6) is 0 Å². The third-order valence-electron chi connectivity index (χ3n) is 4.77. The number of hydrogen-bond acceptors (Lipinski definition) is 3. The van der Waals surface area contributed by atoms with Crippen molar-refractivity contribution in [3.63, 3.8) is 0 Å². The Bertz CT molecular complexity index is 485. The molecular weight excluding hydrogens is 274 g/mol. The van der Waals surface area contributed by atoms with Crippen LogP contribution in [-0.4, -0.2) is 25.4 Å². The Morgan fingerprint density at radius 1 is 1.40 bits per heavy atom. The topological polar surface area (TPSA) is 44.5 Å². The van der Waals surface area contributed by atoms with Gasteiger partial charge in [0.25, 0.3) is 0 Å². The molecule has 1 aromatic rings. The summed E-state index contributed by atoms with van der Waals surface area (Å²) in [6, 6.07) is 6.02. The smallest absolute Gasteiger partial charge is 0.0940 e. The van der Waals surface area contributed by atoms with E-state index in [0.717, 1.165) is 43.1 Å². The van der Waals surface area contributed by atoms with Crippen LogP contribution < -0.4 is 5.73 Å². The van der Waals surface area contributed by atoms with Crippen LogP contribution in [0, 0.1) is 12.8 Å². The van der Waals surface area contributed by atoms with Gasteiger partial charge in [-0.05, 0) is 42.9 Å². The Labute approximate surface area is 125 Å². The lowest BCUT2D eigenvalue weighted by atomic mass is 9.78. The Balaban J connectivity index is 1.79. The second-order valence-electron chi connectivity index (χ2n) is 6.07. The first-order chi connectivity index (χ1) is 9.61. The maximum atomic E-state index is 6.54. The van der Waals surface area contributed by atoms with Gasteiger partial charge in [-0.15, -0.1) is 0 Å². The Hall–Kier alpha value is -0.610. The minimum Gasteiger partial charge on any atom is -0.378 e.